The van der Waals surface area contributed by atoms with Crippen molar-refractivity contribution in [3.8, 4) is 0 Å². The molecule has 2 nitrogen and oxygen atoms in total. The van der Waals surface area contributed by atoms with Gasteiger partial charge < -0.3 is 10.8 Å². The van der Waals surface area contributed by atoms with Crippen molar-refractivity contribution in [1.82, 2.24) is 0 Å². The van der Waals surface area contributed by atoms with E-state index >= 15 is 0 Å². The molecule has 0 radical (unpaired) electrons. The molecule has 0 aliphatic carbocycles. The second-order valence-electron chi connectivity index (χ2n) is 2.18. The summed E-state index contributed by atoms with van der Waals surface area (Å²) in [5, 5.41) is 12.6. The molecule has 64 valence electrons. The molecule has 1 rings (SSSR count). The molecule has 0 bridgehead atoms. The van der Waals surface area contributed by atoms with Crippen LogP contribution in [-0.2, 0) is 0 Å². The van der Waals surface area contributed by atoms with Gasteiger partial charge in [0.1, 0.15) is 0 Å². The van der Waals surface area contributed by atoms with Gasteiger partial charge in [0.15, 0.2) is 0 Å². The highest BCUT2D eigenvalue weighted by Crippen LogP contribution is 2.15. The first-order valence-corrected chi connectivity index (χ1v) is 4.17. The lowest BCUT2D eigenvalue weighted by atomic mass is 10.1. The number of aliphatic hydroxyl groups is 1. The molecule has 0 aliphatic rings. The third-order valence-corrected chi connectivity index (χ3v) is 2.11. The van der Waals surface area contributed by atoms with E-state index in [-0.39, 0.29) is 25.1 Å². The molecular formula is C7H12ClNOS. The van der Waals surface area contributed by atoms with Crippen LogP contribution in [0.15, 0.2) is 16.8 Å². The standard InChI is InChI=1S/C7H11NOS.ClH/c8-7(1-3-9)6-2-4-10-5-6;/h2,4-5,7,9H,1,3,8H2;1H. The molecule has 0 aromatic carbocycles. The fourth-order valence-electron chi connectivity index (χ4n) is 0.792. The average Bonchev–Trinajstić information content (AvgIpc) is 2.38. The van der Waals surface area contributed by atoms with Crippen LogP contribution >= 0.6 is 23.7 Å². The van der Waals surface area contributed by atoms with Crippen LogP contribution in [0, 0.1) is 0 Å². The van der Waals surface area contributed by atoms with Gasteiger partial charge in [-0.1, -0.05) is 0 Å². The van der Waals surface area contributed by atoms with Gasteiger partial charge in [0.25, 0.3) is 0 Å². The first-order valence-electron chi connectivity index (χ1n) is 3.23. The maximum absolute atomic E-state index is 8.56. The predicted molar refractivity (Wildman–Crippen MR) is 50.2 cm³/mol. The summed E-state index contributed by atoms with van der Waals surface area (Å²) >= 11 is 1.63. The summed E-state index contributed by atoms with van der Waals surface area (Å²) in [6, 6.07) is 2.00. The molecular weight excluding hydrogens is 182 g/mol. The summed E-state index contributed by atoms with van der Waals surface area (Å²) in [5.41, 5.74) is 6.82. The van der Waals surface area contributed by atoms with Crippen molar-refractivity contribution in [3.63, 3.8) is 0 Å². The van der Waals surface area contributed by atoms with Gasteiger partial charge in [0.05, 0.1) is 0 Å². The van der Waals surface area contributed by atoms with Crippen molar-refractivity contribution in [3.05, 3.63) is 22.4 Å². The van der Waals surface area contributed by atoms with Crippen LogP contribution in [-0.4, -0.2) is 11.7 Å². The summed E-state index contributed by atoms with van der Waals surface area (Å²) in [6.45, 7) is 0.164. The van der Waals surface area contributed by atoms with E-state index in [9.17, 15) is 0 Å². The second kappa shape index (κ2) is 5.55. The monoisotopic (exact) mass is 193 g/mol. The topological polar surface area (TPSA) is 46.2 Å². The first-order chi connectivity index (χ1) is 4.84. The number of halogens is 1. The van der Waals surface area contributed by atoms with E-state index in [1.165, 1.54) is 0 Å². The van der Waals surface area contributed by atoms with Crippen molar-refractivity contribution in [2.24, 2.45) is 5.73 Å². The van der Waals surface area contributed by atoms with Crippen molar-refractivity contribution in [2.75, 3.05) is 6.61 Å². The number of thiophene rings is 1. The number of hydrogen-bond acceptors (Lipinski definition) is 3. The molecule has 3 N–H and O–H groups in total. The maximum atomic E-state index is 8.56. The van der Waals surface area contributed by atoms with E-state index in [0.29, 0.717) is 6.42 Å². The largest absolute Gasteiger partial charge is 0.396 e. The minimum absolute atomic E-state index is 0. The smallest absolute Gasteiger partial charge is 0.0449 e. The van der Waals surface area contributed by atoms with Gasteiger partial charge in [-0.2, -0.15) is 11.3 Å². The molecule has 11 heavy (non-hydrogen) atoms. The van der Waals surface area contributed by atoms with E-state index in [1.54, 1.807) is 11.3 Å². The van der Waals surface area contributed by atoms with Crippen LogP contribution in [0.3, 0.4) is 0 Å². The van der Waals surface area contributed by atoms with Crippen molar-refractivity contribution in [2.45, 2.75) is 12.5 Å². The van der Waals surface area contributed by atoms with Gasteiger partial charge >= 0.3 is 0 Å². The summed E-state index contributed by atoms with van der Waals surface area (Å²) in [7, 11) is 0. The summed E-state index contributed by atoms with van der Waals surface area (Å²) in [4.78, 5) is 0. The van der Waals surface area contributed by atoms with Crippen LogP contribution in [0.5, 0.6) is 0 Å². The van der Waals surface area contributed by atoms with E-state index in [1.807, 2.05) is 16.8 Å². The SMILES string of the molecule is Cl.NC(CCO)c1ccsc1. The number of aliphatic hydroxyl groups excluding tert-OH is 1. The zero-order valence-electron chi connectivity index (χ0n) is 6.06. The molecule has 0 amide bonds. The van der Waals surface area contributed by atoms with Crippen molar-refractivity contribution >= 4 is 23.7 Å². The lowest BCUT2D eigenvalue weighted by Gasteiger charge is -2.05. The number of nitrogens with two attached hydrogens (primary N) is 1. The Bertz CT molecular complexity index is 179. The Morgan fingerprint density at radius 2 is 2.36 bits per heavy atom. The molecule has 1 atom stereocenters. The highest BCUT2D eigenvalue weighted by molar-refractivity contribution is 7.07. The minimum atomic E-state index is 0. The quantitative estimate of drug-likeness (QED) is 0.766. The number of rotatable bonds is 3. The van der Waals surface area contributed by atoms with Crippen LogP contribution in [0.25, 0.3) is 0 Å². The second-order valence-corrected chi connectivity index (χ2v) is 2.96. The van der Waals surface area contributed by atoms with Crippen LogP contribution in [0.1, 0.15) is 18.0 Å². The molecule has 0 saturated carbocycles. The predicted octanol–water partition coefficient (Wildman–Crippen LogP) is 1.55. The van der Waals surface area contributed by atoms with Gasteiger partial charge in [0.2, 0.25) is 0 Å². The van der Waals surface area contributed by atoms with E-state index in [0.717, 1.165) is 5.56 Å². The summed E-state index contributed by atoms with van der Waals surface area (Å²) in [5.74, 6) is 0. The third-order valence-electron chi connectivity index (χ3n) is 1.41. The molecule has 0 aliphatic heterocycles. The van der Waals surface area contributed by atoms with Crippen LogP contribution in [0.4, 0.5) is 0 Å². The molecule has 1 unspecified atom stereocenters. The van der Waals surface area contributed by atoms with Crippen LogP contribution in [0.2, 0.25) is 0 Å². The zero-order valence-corrected chi connectivity index (χ0v) is 7.70. The highest BCUT2D eigenvalue weighted by Gasteiger charge is 2.03. The van der Waals surface area contributed by atoms with Gasteiger partial charge in [-0.15, -0.1) is 12.4 Å². The molecule has 4 heteroatoms. The van der Waals surface area contributed by atoms with Crippen molar-refractivity contribution in [1.29, 1.82) is 0 Å². The molecule has 0 spiro atoms. The Hall–Kier alpha value is -0.0900. The summed E-state index contributed by atoms with van der Waals surface area (Å²) < 4.78 is 0. The van der Waals surface area contributed by atoms with E-state index in [2.05, 4.69) is 0 Å². The first kappa shape index (κ1) is 10.9. The lowest BCUT2D eigenvalue weighted by molar-refractivity contribution is 0.276. The van der Waals surface area contributed by atoms with Crippen molar-refractivity contribution < 1.29 is 5.11 Å². The number of hydrogen-bond donors (Lipinski definition) is 2. The van der Waals surface area contributed by atoms with Gasteiger partial charge in [0, 0.05) is 12.6 Å². The summed E-state index contributed by atoms with van der Waals surface area (Å²) in [6.07, 6.45) is 0.650. The highest BCUT2D eigenvalue weighted by atomic mass is 35.5. The normalized spacial score (nSPS) is 12.2. The molecule has 1 heterocycles. The van der Waals surface area contributed by atoms with E-state index < -0.39 is 0 Å². The van der Waals surface area contributed by atoms with Crippen LogP contribution < -0.4 is 5.73 Å². The fourth-order valence-corrected chi connectivity index (χ4v) is 1.52. The molecule has 0 saturated heterocycles. The maximum Gasteiger partial charge on any atom is 0.0449 e. The Kier molecular flexibility index (Phi) is 5.50. The third kappa shape index (κ3) is 3.20. The Morgan fingerprint density at radius 3 is 2.82 bits per heavy atom. The minimum Gasteiger partial charge on any atom is -0.396 e. The zero-order chi connectivity index (χ0) is 7.40. The average molecular weight is 194 g/mol. The molecule has 1 aromatic heterocycles. The van der Waals surface area contributed by atoms with Gasteiger partial charge in [-0.05, 0) is 28.8 Å². The van der Waals surface area contributed by atoms with E-state index in [4.69, 9.17) is 10.8 Å². The Balaban J connectivity index is 0.000001000. The molecule has 0 fully saturated rings. The molecule has 1 aromatic rings. The van der Waals surface area contributed by atoms with Gasteiger partial charge in [-0.25, -0.2) is 0 Å². The fraction of sp³-hybridized carbons (Fsp3) is 0.429. The Morgan fingerprint density at radius 1 is 1.64 bits per heavy atom. The Labute approximate surface area is 76.5 Å². The lowest BCUT2D eigenvalue weighted by Crippen LogP contribution is -2.10. The van der Waals surface area contributed by atoms with Gasteiger partial charge in [-0.3, -0.25) is 0 Å².